The molecule has 5 nitrogen and oxygen atoms in total. The quantitative estimate of drug-likeness (QED) is 0.671. The van der Waals surface area contributed by atoms with Gasteiger partial charge in [0.2, 0.25) is 0 Å². The molecule has 1 aliphatic rings. The molecule has 0 radical (unpaired) electrons. The molecule has 1 aliphatic carbocycles. The van der Waals surface area contributed by atoms with E-state index < -0.39 is 0 Å². The van der Waals surface area contributed by atoms with Gasteiger partial charge in [-0.15, -0.1) is 0 Å². The molecule has 0 aliphatic heterocycles. The Bertz CT molecular complexity index is 945. The number of hydrogen-bond acceptors (Lipinski definition) is 4. The largest absolute Gasteiger partial charge is 0.349 e. The van der Waals surface area contributed by atoms with Gasteiger partial charge >= 0.3 is 0 Å². The second-order valence-electron chi connectivity index (χ2n) is 7.29. The van der Waals surface area contributed by atoms with Crippen molar-refractivity contribution in [3.05, 3.63) is 71.9 Å². The second kappa shape index (κ2) is 8.21. The number of aryl methyl sites for hydroxylation is 1. The van der Waals surface area contributed by atoms with Crippen molar-refractivity contribution in [1.82, 2.24) is 15.3 Å². The number of carbonyl (C=O) groups is 1. The van der Waals surface area contributed by atoms with E-state index in [1.54, 1.807) is 6.20 Å². The lowest BCUT2D eigenvalue weighted by Gasteiger charge is -2.12. The highest BCUT2D eigenvalue weighted by atomic mass is 16.1. The number of nitrogens with zero attached hydrogens (tertiary/aromatic N) is 2. The van der Waals surface area contributed by atoms with Crippen molar-refractivity contribution in [1.29, 1.82) is 0 Å². The van der Waals surface area contributed by atoms with Crippen molar-refractivity contribution < 1.29 is 4.79 Å². The minimum atomic E-state index is 0.00198. The normalized spacial score (nSPS) is 14.0. The molecule has 1 heterocycles. The van der Waals surface area contributed by atoms with Crippen LogP contribution in [-0.2, 0) is 0 Å². The lowest BCUT2D eigenvalue weighted by atomic mass is 10.1. The Morgan fingerprint density at radius 1 is 0.964 bits per heavy atom. The van der Waals surface area contributed by atoms with E-state index in [9.17, 15) is 4.79 Å². The van der Waals surface area contributed by atoms with Crippen LogP contribution in [-0.4, -0.2) is 21.9 Å². The summed E-state index contributed by atoms with van der Waals surface area (Å²) in [6.45, 7) is 2.06. The number of aromatic nitrogens is 2. The van der Waals surface area contributed by atoms with E-state index in [2.05, 4.69) is 27.5 Å². The van der Waals surface area contributed by atoms with Crippen molar-refractivity contribution in [2.75, 3.05) is 5.32 Å². The summed E-state index contributed by atoms with van der Waals surface area (Å²) in [5, 5.41) is 6.40. The Hall–Kier alpha value is -3.21. The highest BCUT2D eigenvalue weighted by Gasteiger charge is 2.17. The zero-order valence-electron chi connectivity index (χ0n) is 16.0. The lowest BCUT2D eigenvalue weighted by Crippen LogP contribution is -2.32. The van der Waals surface area contributed by atoms with E-state index in [1.807, 2.05) is 54.6 Å². The van der Waals surface area contributed by atoms with E-state index in [0.717, 1.165) is 24.1 Å². The van der Waals surface area contributed by atoms with Crippen LogP contribution in [0.2, 0.25) is 0 Å². The van der Waals surface area contributed by atoms with Crippen LogP contribution in [0.1, 0.15) is 41.6 Å². The second-order valence-corrected chi connectivity index (χ2v) is 7.29. The Labute approximate surface area is 165 Å². The van der Waals surface area contributed by atoms with Gasteiger partial charge in [0.05, 0.1) is 0 Å². The molecule has 142 valence electrons. The maximum atomic E-state index is 12.3. The van der Waals surface area contributed by atoms with Crippen LogP contribution in [0.25, 0.3) is 11.4 Å². The van der Waals surface area contributed by atoms with Crippen molar-refractivity contribution in [3.8, 4) is 11.4 Å². The van der Waals surface area contributed by atoms with Gasteiger partial charge in [0.25, 0.3) is 5.91 Å². The van der Waals surface area contributed by atoms with Crippen LogP contribution in [0, 0.1) is 6.92 Å². The molecule has 1 aromatic heterocycles. The number of carbonyl (C=O) groups excluding carboxylic acids is 1. The first-order chi connectivity index (χ1) is 13.7. The van der Waals surface area contributed by atoms with Crippen LogP contribution in [0.3, 0.4) is 0 Å². The van der Waals surface area contributed by atoms with E-state index in [0.29, 0.717) is 23.2 Å². The zero-order chi connectivity index (χ0) is 19.3. The van der Waals surface area contributed by atoms with Crippen molar-refractivity contribution in [2.45, 2.75) is 38.6 Å². The predicted octanol–water partition coefficient (Wildman–Crippen LogP) is 4.87. The first kappa shape index (κ1) is 18.2. The third kappa shape index (κ3) is 4.36. The summed E-state index contributed by atoms with van der Waals surface area (Å²) in [7, 11) is 0. The molecule has 0 saturated heterocycles. The molecule has 2 aromatic carbocycles. The average Bonchev–Trinajstić information content (AvgIpc) is 3.22. The number of anilines is 2. The number of nitrogens with one attached hydrogen (secondary N) is 2. The fourth-order valence-corrected chi connectivity index (χ4v) is 3.46. The van der Waals surface area contributed by atoms with E-state index in [4.69, 9.17) is 0 Å². The van der Waals surface area contributed by atoms with Crippen LogP contribution in [0.15, 0.2) is 60.8 Å². The molecule has 3 aromatic rings. The van der Waals surface area contributed by atoms with Crippen LogP contribution < -0.4 is 10.6 Å². The molecule has 0 atom stereocenters. The minimum absolute atomic E-state index is 0.00198. The topological polar surface area (TPSA) is 66.9 Å². The Morgan fingerprint density at radius 3 is 2.39 bits per heavy atom. The average molecular weight is 372 g/mol. The zero-order valence-corrected chi connectivity index (χ0v) is 16.0. The molecule has 0 unspecified atom stereocenters. The first-order valence-electron chi connectivity index (χ1n) is 9.75. The summed E-state index contributed by atoms with van der Waals surface area (Å²) in [6.07, 6.45) is 6.33. The monoisotopic (exact) mass is 372 g/mol. The van der Waals surface area contributed by atoms with Crippen LogP contribution in [0.4, 0.5) is 11.5 Å². The molecule has 1 amide bonds. The summed E-state index contributed by atoms with van der Waals surface area (Å²) in [6, 6.07) is 17.8. The van der Waals surface area contributed by atoms with E-state index in [-0.39, 0.29) is 5.91 Å². The van der Waals surface area contributed by atoms with Gasteiger partial charge < -0.3 is 10.6 Å². The molecule has 5 heteroatoms. The van der Waals surface area contributed by atoms with Crippen LogP contribution in [0.5, 0.6) is 0 Å². The van der Waals surface area contributed by atoms with Gasteiger partial charge in [0, 0.05) is 29.1 Å². The maximum absolute atomic E-state index is 12.3. The third-order valence-corrected chi connectivity index (χ3v) is 5.08. The van der Waals surface area contributed by atoms with Crippen molar-refractivity contribution >= 4 is 17.4 Å². The van der Waals surface area contributed by atoms with Gasteiger partial charge in [-0.1, -0.05) is 42.7 Å². The summed E-state index contributed by atoms with van der Waals surface area (Å²) >= 11 is 0. The number of benzene rings is 2. The summed E-state index contributed by atoms with van der Waals surface area (Å²) in [5.74, 6) is 1.40. The van der Waals surface area contributed by atoms with E-state index >= 15 is 0 Å². The van der Waals surface area contributed by atoms with Gasteiger partial charge in [-0.3, -0.25) is 4.79 Å². The fraction of sp³-hybridized carbons (Fsp3) is 0.261. The Kier molecular flexibility index (Phi) is 5.33. The standard InChI is InChI=1S/C23H24N4O/c1-16-6-8-17(9-7-16)22-24-15-14-21(27-22)25-20-12-10-18(11-13-20)23(28)26-19-4-2-3-5-19/h6-15,19H,2-5H2,1H3,(H,26,28)(H,24,25,27). The molecule has 1 saturated carbocycles. The molecule has 1 fully saturated rings. The number of rotatable bonds is 5. The minimum Gasteiger partial charge on any atom is -0.349 e. The van der Waals surface area contributed by atoms with Gasteiger partial charge in [-0.05, 0) is 50.1 Å². The smallest absolute Gasteiger partial charge is 0.251 e. The lowest BCUT2D eigenvalue weighted by molar-refractivity contribution is 0.0938. The Balaban J connectivity index is 1.43. The Morgan fingerprint density at radius 2 is 1.68 bits per heavy atom. The maximum Gasteiger partial charge on any atom is 0.251 e. The van der Waals surface area contributed by atoms with Gasteiger partial charge in [0.15, 0.2) is 5.82 Å². The number of hydrogen-bond donors (Lipinski definition) is 2. The van der Waals surface area contributed by atoms with Crippen molar-refractivity contribution in [3.63, 3.8) is 0 Å². The summed E-state index contributed by atoms with van der Waals surface area (Å²) in [5.41, 5.74) is 3.75. The van der Waals surface area contributed by atoms with Crippen molar-refractivity contribution in [2.24, 2.45) is 0 Å². The van der Waals surface area contributed by atoms with Crippen LogP contribution >= 0.6 is 0 Å². The molecule has 28 heavy (non-hydrogen) atoms. The first-order valence-corrected chi connectivity index (χ1v) is 9.75. The fourth-order valence-electron chi connectivity index (χ4n) is 3.46. The van der Waals surface area contributed by atoms with Gasteiger partial charge in [0.1, 0.15) is 5.82 Å². The van der Waals surface area contributed by atoms with E-state index in [1.165, 1.54) is 18.4 Å². The predicted molar refractivity (Wildman–Crippen MR) is 112 cm³/mol. The molecular weight excluding hydrogens is 348 g/mol. The summed E-state index contributed by atoms with van der Waals surface area (Å²) < 4.78 is 0. The summed E-state index contributed by atoms with van der Waals surface area (Å²) in [4.78, 5) is 21.3. The molecule has 2 N–H and O–H groups in total. The molecule has 0 spiro atoms. The van der Waals surface area contributed by atoms with Gasteiger partial charge in [-0.2, -0.15) is 0 Å². The highest BCUT2D eigenvalue weighted by molar-refractivity contribution is 5.94. The highest BCUT2D eigenvalue weighted by Crippen LogP contribution is 2.21. The molecular formula is C23H24N4O. The third-order valence-electron chi connectivity index (χ3n) is 5.08. The molecule has 0 bridgehead atoms. The molecule has 4 rings (SSSR count). The van der Waals surface area contributed by atoms with Gasteiger partial charge in [-0.25, -0.2) is 9.97 Å². The SMILES string of the molecule is Cc1ccc(-c2nccc(Nc3ccc(C(=O)NC4CCCC4)cc3)n2)cc1. The number of amides is 1.